The van der Waals surface area contributed by atoms with E-state index in [-0.39, 0.29) is 5.41 Å². The molecule has 0 saturated carbocycles. The van der Waals surface area contributed by atoms with Crippen LogP contribution in [0, 0.1) is 17.3 Å². The van der Waals surface area contributed by atoms with Crippen LogP contribution in [0.5, 0.6) is 0 Å². The standard InChI is InChI=1S/C13H25N/c1-10(2)12-7-8-14(9-12)11(3)13(4,5)6/h10,12H,3,7-9H2,1-2,4-6H3. The van der Waals surface area contributed by atoms with Crippen LogP contribution in [0.2, 0.25) is 0 Å². The predicted octanol–water partition coefficient (Wildman–Crippen LogP) is 3.52. The van der Waals surface area contributed by atoms with Crippen molar-refractivity contribution in [3.05, 3.63) is 12.3 Å². The lowest BCUT2D eigenvalue weighted by Gasteiger charge is -2.31. The second kappa shape index (κ2) is 3.96. The maximum atomic E-state index is 4.23. The molecule has 0 amide bonds. The van der Waals surface area contributed by atoms with E-state index in [1.54, 1.807) is 0 Å². The van der Waals surface area contributed by atoms with Gasteiger partial charge in [0.25, 0.3) is 0 Å². The fourth-order valence-corrected chi connectivity index (χ4v) is 2.05. The van der Waals surface area contributed by atoms with Crippen LogP contribution in [0.15, 0.2) is 12.3 Å². The largest absolute Gasteiger partial charge is 0.375 e. The van der Waals surface area contributed by atoms with Gasteiger partial charge >= 0.3 is 0 Å². The molecule has 1 aliphatic rings. The van der Waals surface area contributed by atoms with Crippen molar-refractivity contribution in [2.45, 2.75) is 41.0 Å². The molecule has 1 heterocycles. The maximum Gasteiger partial charge on any atom is 0.0206 e. The number of nitrogens with zero attached hydrogens (tertiary/aromatic N) is 1. The summed E-state index contributed by atoms with van der Waals surface area (Å²) in [5.41, 5.74) is 1.53. The number of hydrogen-bond donors (Lipinski definition) is 0. The molecule has 0 radical (unpaired) electrons. The highest BCUT2D eigenvalue weighted by Gasteiger charge is 2.29. The maximum absolute atomic E-state index is 4.23. The van der Waals surface area contributed by atoms with E-state index in [1.165, 1.54) is 25.2 Å². The predicted molar refractivity (Wildman–Crippen MR) is 63.1 cm³/mol. The van der Waals surface area contributed by atoms with Crippen LogP contribution < -0.4 is 0 Å². The van der Waals surface area contributed by atoms with E-state index < -0.39 is 0 Å². The zero-order valence-corrected chi connectivity index (χ0v) is 10.4. The second-order valence-electron chi connectivity index (χ2n) is 5.94. The lowest BCUT2D eigenvalue weighted by Crippen LogP contribution is -2.28. The first-order valence-electron chi connectivity index (χ1n) is 5.76. The molecule has 1 fully saturated rings. The quantitative estimate of drug-likeness (QED) is 0.651. The molecule has 82 valence electrons. The van der Waals surface area contributed by atoms with E-state index in [1.807, 2.05) is 0 Å². The molecule has 0 aromatic rings. The van der Waals surface area contributed by atoms with E-state index in [2.05, 4.69) is 46.1 Å². The lowest BCUT2D eigenvalue weighted by atomic mass is 9.91. The molecule has 1 aliphatic heterocycles. The Labute approximate surface area is 89.2 Å². The van der Waals surface area contributed by atoms with Crippen LogP contribution in [0.25, 0.3) is 0 Å². The summed E-state index contributed by atoms with van der Waals surface area (Å²) in [7, 11) is 0. The van der Waals surface area contributed by atoms with Crippen LogP contribution in [0.3, 0.4) is 0 Å². The van der Waals surface area contributed by atoms with Gasteiger partial charge in [-0.1, -0.05) is 41.2 Å². The highest BCUT2D eigenvalue weighted by atomic mass is 15.2. The zero-order valence-electron chi connectivity index (χ0n) is 10.4. The van der Waals surface area contributed by atoms with Gasteiger partial charge in [0.2, 0.25) is 0 Å². The normalized spacial score (nSPS) is 23.3. The van der Waals surface area contributed by atoms with Crippen LogP contribution in [-0.2, 0) is 0 Å². The monoisotopic (exact) mass is 195 g/mol. The van der Waals surface area contributed by atoms with Gasteiger partial charge in [-0.2, -0.15) is 0 Å². The van der Waals surface area contributed by atoms with E-state index in [9.17, 15) is 0 Å². The van der Waals surface area contributed by atoms with Crippen molar-refractivity contribution in [2.75, 3.05) is 13.1 Å². The fourth-order valence-electron chi connectivity index (χ4n) is 2.05. The third-order valence-corrected chi connectivity index (χ3v) is 3.41. The molecule has 0 spiro atoms. The number of rotatable bonds is 2. The molecule has 0 aromatic heterocycles. The van der Waals surface area contributed by atoms with Gasteiger partial charge in [0.1, 0.15) is 0 Å². The summed E-state index contributed by atoms with van der Waals surface area (Å²) in [6, 6.07) is 0. The van der Waals surface area contributed by atoms with Gasteiger partial charge in [-0.15, -0.1) is 0 Å². The van der Waals surface area contributed by atoms with Gasteiger partial charge in [0.15, 0.2) is 0 Å². The van der Waals surface area contributed by atoms with Crippen molar-refractivity contribution in [1.82, 2.24) is 4.90 Å². The van der Waals surface area contributed by atoms with Crippen LogP contribution in [0.1, 0.15) is 41.0 Å². The number of hydrogen-bond acceptors (Lipinski definition) is 1. The Hall–Kier alpha value is -0.460. The van der Waals surface area contributed by atoms with E-state index in [0.717, 1.165) is 11.8 Å². The smallest absolute Gasteiger partial charge is 0.0206 e. The number of likely N-dealkylation sites (tertiary alicyclic amines) is 1. The Morgan fingerprint density at radius 3 is 2.29 bits per heavy atom. The summed E-state index contributed by atoms with van der Waals surface area (Å²) in [4.78, 5) is 2.48. The first-order valence-corrected chi connectivity index (χ1v) is 5.76. The minimum Gasteiger partial charge on any atom is -0.375 e. The van der Waals surface area contributed by atoms with Crippen molar-refractivity contribution in [1.29, 1.82) is 0 Å². The molecule has 1 atom stereocenters. The van der Waals surface area contributed by atoms with Gasteiger partial charge in [0, 0.05) is 24.2 Å². The third kappa shape index (κ3) is 2.52. The molecular weight excluding hydrogens is 170 g/mol. The molecule has 14 heavy (non-hydrogen) atoms. The van der Waals surface area contributed by atoms with Gasteiger partial charge in [-0.3, -0.25) is 0 Å². The van der Waals surface area contributed by atoms with Crippen LogP contribution in [0.4, 0.5) is 0 Å². The van der Waals surface area contributed by atoms with Gasteiger partial charge in [-0.05, 0) is 18.3 Å². The van der Waals surface area contributed by atoms with E-state index in [4.69, 9.17) is 0 Å². The average molecular weight is 195 g/mol. The minimum atomic E-state index is 0.228. The van der Waals surface area contributed by atoms with Gasteiger partial charge in [0.05, 0.1) is 0 Å². The Morgan fingerprint density at radius 1 is 1.36 bits per heavy atom. The molecule has 0 aliphatic carbocycles. The molecule has 0 bridgehead atoms. The first kappa shape index (κ1) is 11.6. The molecule has 1 rings (SSSR count). The first-order chi connectivity index (χ1) is 6.32. The molecule has 0 aromatic carbocycles. The van der Waals surface area contributed by atoms with Gasteiger partial charge < -0.3 is 4.90 Å². The topological polar surface area (TPSA) is 3.24 Å². The van der Waals surface area contributed by atoms with Crippen molar-refractivity contribution < 1.29 is 0 Å². The van der Waals surface area contributed by atoms with Crippen molar-refractivity contribution in [3.8, 4) is 0 Å². The Bertz CT molecular complexity index is 210. The van der Waals surface area contributed by atoms with Crippen molar-refractivity contribution >= 4 is 0 Å². The van der Waals surface area contributed by atoms with Crippen molar-refractivity contribution in [3.63, 3.8) is 0 Å². The Kier molecular flexibility index (Phi) is 3.28. The highest BCUT2D eigenvalue weighted by molar-refractivity contribution is 5.06. The van der Waals surface area contributed by atoms with Crippen LogP contribution >= 0.6 is 0 Å². The molecule has 1 unspecified atom stereocenters. The van der Waals surface area contributed by atoms with Gasteiger partial charge in [-0.25, -0.2) is 0 Å². The third-order valence-electron chi connectivity index (χ3n) is 3.41. The van der Waals surface area contributed by atoms with Crippen LogP contribution in [-0.4, -0.2) is 18.0 Å². The molecule has 1 saturated heterocycles. The summed E-state index contributed by atoms with van der Waals surface area (Å²) in [6.45, 7) is 18.0. The van der Waals surface area contributed by atoms with E-state index in [0.29, 0.717) is 0 Å². The number of allylic oxidation sites excluding steroid dienone is 1. The van der Waals surface area contributed by atoms with E-state index >= 15 is 0 Å². The molecule has 0 N–H and O–H groups in total. The summed E-state index contributed by atoms with van der Waals surface area (Å²) in [5, 5.41) is 0. The fraction of sp³-hybridized carbons (Fsp3) is 0.846. The summed E-state index contributed by atoms with van der Waals surface area (Å²) in [6.07, 6.45) is 1.34. The summed E-state index contributed by atoms with van der Waals surface area (Å²) < 4.78 is 0. The minimum absolute atomic E-state index is 0.228. The SMILES string of the molecule is C=C(N1CCC(C(C)C)C1)C(C)(C)C. The molecular formula is C13H25N. The summed E-state index contributed by atoms with van der Waals surface area (Å²) >= 11 is 0. The average Bonchev–Trinajstić information content (AvgIpc) is 2.48. The lowest BCUT2D eigenvalue weighted by molar-refractivity contribution is 0.292. The highest BCUT2D eigenvalue weighted by Crippen LogP contribution is 2.33. The molecule has 1 nitrogen and oxygen atoms in total. The second-order valence-corrected chi connectivity index (χ2v) is 5.94. The van der Waals surface area contributed by atoms with Crippen molar-refractivity contribution in [2.24, 2.45) is 17.3 Å². The molecule has 1 heteroatoms. The summed E-state index contributed by atoms with van der Waals surface area (Å²) in [5.74, 6) is 1.68. The Balaban J connectivity index is 2.54. The zero-order chi connectivity index (χ0) is 10.9. The Morgan fingerprint density at radius 2 is 1.93 bits per heavy atom.